The number of carbonyl (C=O) groups is 1. The number of aromatic nitrogens is 1. The van der Waals surface area contributed by atoms with Gasteiger partial charge in [-0.15, -0.1) is 0 Å². The minimum atomic E-state index is -0.246. The molecule has 0 fully saturated rings. The standard InChI is InChI=1S/C20H19N3O2/c1-14-4-3-5-16(12-14)23-20(24)19-13-17(10-11-21-19)22-15-6-8-18(25-2)9-7-15/h3-13H,1-2H3,(H,21,22)(H,23,24). The molecule has 2 N–H and O–H groups in total. The molecule has 3 aromatic rings. The average molecular weight is 333 g/mol. The summed E-state index contributed by atoms with van der Waals surface area (Å²) in [6.07, 6.45) is 1.61. The summed E-state index contributed by atoms with van der Waals surface area (Å²) in [5, 5.41) is 6.11. The fourth-order valence-corrected chi connectivity index (χ4v) is 2.39. The van der Waals surface area contributed by atoms with E-state index in [-0.39, 0.29) is 5.91 Å². The molecule has 5 nitrogen and oxygen atoms in total. The van der Waals surface area contributed by atoms with Crippen LogP contribution in [0.25, 0.3) is 0 Å². The van der Waals surface area contributed by atoms with E-state index in [1.807, 2.05) is 61.5 Å². The van der Waals surface area contributed by atoms with E-state index in [0.29, 0.717) is 5.69 Å². The lowest BCUT2D eigenvalue weighted by Gasteiger charge is -2.09. The van der Waals surface area contributed by atoms with Gasteiger partial charge in [0.1, 0.15) is 11.4 Å². The van der Waals surface area contributed by atoms with Gasteiger partial charge in [0.25, 0.3) is 5.91 Å². The molecule has 0 saturated carbocycles. The first-order valence-electron chi connectivity index (χ1n) is 7.89. The van der Waals surface area contributed by atoms with E-state index in [4.69, 9.17) is 4.74 Å². The molecule has 0 spiro atoms. The number of amides is 1. The molecule has 25 heavy (non-hydrogen) atoms. The maximum atomic E-state index is 12.4. The normalized spacial score (nSPS) is 10.2. The molecule has 0 saturated heterocycles. The van der Waals surface area contributed by atoms with Gasteiger partial charge in [0.2, 0.25) is 0 Å². The predicted molar refractivity (Wildman–Crippen MR) is 99.6 cm³/mol. The van der Waals surface area contributed by atoms with Crippen molar-refractivity contribution in [3.05, 3.63) is 78.1 Å². The van der Waals surface area contributed by atoms with E-state index in [2.05, 4.69) is 15.6 Å². The number of ether oxygens (including phenoxy) is 1. The Hall–Kier alpha value is -3.34. The molecule has 0 bridgehead atoms. The Labute approximate surface area is 146 Å². The lowest BCUT2D eigenvalue weighted by Crippen LogP contribution is -2.13. The van der Waals surface area contributed by atoms with E-state index in [1.54, 1.807) is 19.4 Å². The molecule has 0 aliphatic heterocycles. The fraction of sp³-hybridized carbons (Fsp3) is 0.100. The molecule has 0 unspecified atom stereocenters. The van der Waals surface area contributed by atoms with Crippen molar-refractivity contribution in [2.75, 3.05) is 17.7 Å². The Morgan fingerprint density at radius 3 is 2.48 bits per heavy atom. The van der Waals surface area contributed by atoms with E-state index in [1.165, 1.54) is 0 Å². The molecule has 2 aromatic carbocycles. The van der Waals surface area contributed by atoms with Crippen LogP contribution < -0.4 is 15.4 Å². The summed E-state index contributed by atoms with van der Waals surface area (Å²) < 4.78 is 5.14. The van der Waals surface area contributed by atoms with Crippen LogP contribution in [0.1, 0.15) is 16.1 Å². The number of benzene rings is 2. The van der Waals surface area contributed by atoms with Gasteiger partial charge in [0.15, 0.2) is 0 Å². The number of nitrogens with zero attached hydrogens (tertiary/aromatic N) is 1. The lowest BCUT2D eigenvalue weighted by atomic mass is 10.2. The smallest absolute Gasteiger partial charge is 0.274 e. The van der Waals surface area contributed by atoms with Crippen LogP contribution in [-0.2, 0) is 0 Å². The SMILES string of the molecule is COc1ccc(Nc2ccnc(C(=O)Nc3cccc(C)c3)c2)cc1. The minimum Gasteiger partial charge on any atom is -0.497 e. The maximum absolute atomic E-state index is 12.4. The number of hydrogen-bond donors (Lipinski definition) is 2. The Morgan fingerprint density at radius 2 is 1.76 bits per heavy atom. The molecule has 5 heteroatoms. The molecular formula is C20H19N3O2. The van der Waals surface area contributed by atoms with Crippen molar-refractivity contribution in [2.45, 2.75) is 6.92 Å². The summed E-state index contributed by atoms with van der Waals surface area (Å²) in [6.45, 7) is 1.98. The minimum absolute atomic E-state index is 0.246. The van der Waals surface area contributed by atoms with Crippen LogP contribution in [0, 0.1) is 6.92 Å². The Kier molecular flexibility index (Phi) is 4.95. The molecule has 0 aliphatic rings. The van der Waals surface area contributed by atoms with Gasteiger partial charge >= 0.3 is 0 Å². The predicted octanol–water partition coefficient (Wildman–Crippen LogP) is 4.39. The molecule has 3 rings (SSSR count). The number of anilines is 3. The van der Waals surface area contributed by atoms with Gasteiger partial charge in [0, 0.05) is 23.3 Å². The summed E-state index contributed by atoms with van der Waals surface area (Å²) in [6, 6.07) is 18.7. The molecule has 0 aliphatic carbocycles. The van der Waals surface area contributed by atoms with Crippen molar-refractivity contribution in [1.29, 1.82) is 0 Å². The third kappa shape index (κ3) is 4.35. The van der Waals surface area contributed by atoms with E-state index < -0.39 is 0 Å². The first kappa shape index (κ1) is 16.5. The van der Waals surface area contributed by atoms with Crippen molar-refractivity contribution in [2.24, 2.45) is 0 Å². The summed E-state index contributed by atoms with van der Waals surface area (Å²) in [5.74, 6) is 0.544. The number of nitrogens with one attached hydrogen (secondary N) is 2. The number of hydrogen-bond acceptors (Lipinski definition) is 4. The molecule has 1 aromatic heterocycles. The van der Waals surface area contributed by atoms with E-state index in [0.717, 1.165) is 28.4 Å². The second-order valence-corrected chi connectivity index (χ2v) is 5.61. The second kappa shape index (κ2) is 7.49. The first-order chi connectivity index (χ1) is 12.1. The maximum Gasteiger partial charge on any atom is 0.274 e. The van der Waals surface area contributed by atoms with Crippen LogP contribution in [0.4, 0.5) is 17.1 Å². The Balaban J connectivity index is 1.72. The first-order valence-corrected chi connectivity index (χ1v) is 7.89. The third-order valence-corrected chi connectivity index (χ3v) is 3.65. The van der Waals surface area contributed by atoms with Crippen LogP contribution in [0.5, 0.6) is 5.75 Å². The van der Waals surface area contributed by atoms with Gasteiger partial charge in [-0.1, -0.05) is 12.1 Å². The van der Waals surface area contributed by atoms with Gasteiger partial charge < -0.3 is 15.4 Å². The van der Waals surface area contributed by atoms with Crippen LogP contribution in [0.3, 0.4) is 0 Å². The summed E-state index contributed by atoms with van der Waals surface area (Å²) in [5.41, 5.74) is 3.87. The highest BCUT2D eigenvalue weighted by molar-refractivity contribution is 6.03. The van der Waals surface area contributed by atoms with E-state index in [9.17, 15) is 4.79 Å². The summed E-state index contributed by atoms with van der Waals surface area (Å²) in [7, 11) is 1.63. The topological polar surface area (TPSA) is 63.2 Å². The summed E-state index contributed by atoms with van der Waals surface area (Å²) >= 11 is 0. The van der Waals surface area contributed by atoms with E-state index >= 15 is 0 Å². The molecular weight excluding hydrogens is 314 g/mol. The highest BCUT2D eigenvalue weighted by atomic mass is 16.5. The highest BCUT2D eigenvalue weighted by Gasteiger charge is 2.09. The number of rotatable bonds is 5. The zero-order chi connectivity index (χ0) is 17.6. The van der Waals surface area contributed by atoms with Gasteiger partial charge in [-0.05, 0) is 61.0 Å². The summed E-state index contributed by atoms with van der Waals surface area (Å²) in [4.78, 5) is 16.6. The van der Waals surface area contributed by atoms with Gasteiger partial charge in [-0.3, -0.25) is 9.78 Å². The van der Waals surface area contributed by atoms with Gasteiger partial charge in [-0.2, -0.15) is 0 Å². The Bertz CT molecular complexity index is 876. The van der Waals surface area contributed by atoms with Gasteiger partial charge in [-0.25, -0.2) is 0 Å². The van der Waals surface area contributed by atoms with Crippen molar-refractivity contribution in [3.63, 3.8) is 0 Å². The highest BCUT2D eigenvalue weighted by Crippen LogP contribution is 2.20. The average Bonchev–Trinajstić information content (AvgIpc) is 2.62. The quantitative estimate of drug-likeness (QED) is 0.727. The number of methoxy groups -OCH3 is 1. The third-order valence-electron chi connectivity index (χ3n) is 3.65. The van der Waals surface area contributed by atoms with Crippen LogP contribution in [-0.4, -0.2) is 18.0 Å². The van der Waals surface area contributed by atoms with Crippen LogP contribution in [0.15, 0.2) is 66.9 Å². The number of pyridine rings is 1. The number of carbonyl (C=O) groups excluding carboxylic acids is 1. The Morgan fingerprint density at radius 1 is 0.960 bits per heavy atom. The molecule has 1 heterocycles. The molecule has 1 amide bonds. The van der Waals surface area contributed by atoms with Gasteiger partial charge in [0.05, 0.1) is 7.11 Å². The van der Waals surface area contributed by atoms with Crippen molar-refractivity contribution in [3.8, 4) is 5.75 Å². The fourth-order valence-electron chi connectivity index (χ4n) is 2.39. The van der Waals surface area contributed by atoms with Crippen LogP contribution >= 0.6 is 0 Å². The van der Waals surface area contributed by atoms with Crippen molar-refractivity contribution < 1.29 is 9.53 Å². The zero-order valence-electron chi connectivity index (χ0n) is 14.1. The molecule has 126 valence electrons. The zero-order valence-corrected chi connectivity index (χ0v) is 14.1. The molecule has 0 atom stereocenters. The number of aryl methyl sites for hydroxylation is 1. The largest absolute Gasteiger partial charge is 0.497 e. The molecule has 0 radical (unpaired) electrons. The monoisotopic (exact) mass is 333 g/mol. The van der Waals surface area contributed by atoms with Crippen molar-refractivity contribution >= 4 is 23.0 Å². The lowest BCUT2D eigenvalue weighted by molar-refractivity contribution is 0.102. The second-order valence-electron chi connectivity index (χ2n) is 5.61. The van der Waals surface area contributed by atoms with Crippen LogP contribution in [0.2, 0.25) is 0 Å². The van der Waals surface area contributed by atoms with Crippen molar-refractivity contribution in [1.82, 2.24) is 4.98 Å².